The van der Waals surface area contributed by atoms with Crippen molar-refractivity contribution in [3.8, 4) is 5.75 Å². The Bertz CT molecular complexity index is 775. The van der Waals surface area contributed by atoms with Gasteiger partial charge in [0.25, 0.3) is 0 Å². The highest BCUT2D eigenvalue weighted by atomic mass is 127. The number of hydrogen-bond donors (Lipinski definition) is 2. The van der Waals surface area contributed by atoms with Crippen molar-refractivity contribution in [2.75, 3.05) is 57.8 Å². The largest absolute Gasteiger partial charge is 0.506 e. The lowest BCUT2D eigenvalue weighted by Gasteiger charge is -2.38. The number of ether oxygens (including phenoxy) is 1. The molecule has 2 aliphatic rings. The van der Waals surface area contributed by atoms with Crippen LogP contribution in [0.3, 0.4) is 0 Å². The van der Waals surface area contributed by atoms with Gasteiger partial charge < -0.3 is 29.9 Å². The van der Waals surface area contributed by atoms with Crippen LogP contribution in [0.5, 0.6) is 5.75 Å². The normalized spacial score (nSPS) is 19.9. The number of hydrogen-bond acceptors (Lipinski definition) is 5. The molecule has 32 heavy (non-hydrogen) atoms. The zero-order valence-corrected chi connectivity index (χ0v) is 22.0. The Hall–Kier alpha value is -1.91. The third-order valence-electron chi connectivity index (χ3n) is 5.73. The molecule has 3 rings (SSSR count). The average Bonchev–Trinajstić information content (AvgIpc) is 2.74. The van der Waals surface area contributed by atoms with Crippen LogP contribution in [0.15, 0.2) is 29.3 Å². The molecule has 2 fully saturated rings. The molecule has 0 aliphatic carbocycles. The number of aromatic hydroxyl groups is 1. The van der Waals surface area contributed by atoms with Gasteiger partial charge in [-0.1, -0.05) is 12.1 Å². The first-order valence-corrected chi connectivity index (χ1v) is 11.2. The van der Waals surface area contributed by atoms with Crippen molar-refractivity contribution in [1.29, 1.82) is 0 Å². The van der Waals surface area contributed by atoms with Crippen LogP contribution < -0.4 is 10.2 Å². The molecule has 1 aromatic carbocycles. The lowest BCUT2D eigenvalue weighted by Crippen LogP contribution is -2.54. The Labute approximate surface area is 209 Å². The van der Waals surface area contributed by atoms with E-state index in [4.69, 9.17) is 4.74 Å². The first kappa shape index (κ1) is 26.3. The van der Waals surface area contributed by atoms with Gasteiger partial charge in [-0.25, -0.2) is 4.79 Å². The van der Waals surface area contributed by atoms with E-state index < -0.39 is 5.60 Å². The summed E-state index contributed by atoms with van der Waals surface area (Å²) in [6.45, 7) is 11.3. The Morgan fingerprint density at radius 3 is 2.47 bits per heavy atom. The fourth-order valence-electron chi connectivity index (χ4n) is 4.18. The minimum Gasteiger partial charge on any atom is -0.506 e. The van der Waals surface area contributed by atoms with E-state index in [1.54, 1.807) is 6.07 Å². The fraction of sp³-hybridized carbons (Fsp3) is 0.652. The number of piperazine rings is 1. The maximum Gasteiger partial charge on any atom is 0.410 e. The summed E-state index contributed by atoms with van der Waals surface area (Å²) in [5.41, 5.74) is 0.415. The molecule has 1 unspecified atom stereocenters. The molecule has 0 saturated carbocycles. The molecule has 1 aromatic rings. The van der Waals surface area contributed by atoms with Crippen molar-refractivity contribution in [2.24, 2.45) is 10.9 Å². The van der Waals surface area contributed by atoms with E-state index in [1.165, 1.54) is 0 Å². The molecule has 2 heterocycles. The number of nitrogens with zero attached hydrogens (tertiary/aromatic N) is 4. The number of amides is 1. The zero-order chi connectivity index (χ0) is 22.4. The lowest BCUT2D eigenvalue weighted by atomic mass is 9.98. The second-order valence-corrected chi connectivity index (χ2v) is 9.33. The van der Waals surface area contributed by atoms with E-state index in [9.17, 15) is 9.90 Å². The highest BCUT2D eigenvalue weighted by Crippen LogP contribution is 2.27. The fourth-order valence-corrected chi connectivity index (χ4v) is 4.18. The summed E-state index contributed by atoms with van der Waals surface area (Å²) < 4.78 is 5.53. The van der Waals surface area contributed by atoms with E-state index >= 15 is 0 Å². The van der Waals surface area contributed by atoms with Crippen LogP contribution in [0, 0.1) is 5.92 Å². The number of para-hydroxylation sites is 2. The van der Waals surface area contributed by atoms with Crippen LogP contribution in [-0.2, 0) is 4.74 Å². The first-order chi connectivity index (χ1) is 14.8. The predicted molar refractivity (Wildman–Crippen MR) is 139 cm³/mol. The maximum absolute atomic E-state index is 12.4. The monoisotopic (exact) mass is 559 g/mol. The Kier molecular flexibility index (Phi) is 9.72. The number of rotatable bonds is 3. The number of carbonyl (C=O) groups is 1. The van der Waals surface area contributed by atoms with E-state index in [2.05, 4.69) is 20.1 Å². The van der Waals surface area contributed by atoms with Gasteiger partial charge in [-0.05, 0) is 51.7 Å². The predicted octanol–water partition coefficient (Wildman–Crippen LogP) is 3.35. The van der Waals surface area contributed by atoms with Crippen molar-refractivity contribution >= 4 is 41.7 Å². The number of piperidine rings is 1. The molecule has 2 saturated heterocycles. The summed E-state index contributed by atoms with van der Waals surface area (Å²) in [6.07, 6.45) is 1.86. The molecule has 180 valence electrons. The van der Waals surface area contributed by atoms with Crippen molar-refractivity contribution in [2.45, 2.75) is 39.2 Å². The summed E-state index contributed by atoms with van der Waals surface area (Å²) in [5, 5.41) is 13.6. The first-order valence-electron chi connectivity index (χ1n) is 11.2. The molecule has 0 aromatic heterocycles. The summed E-state index contributed by atoms with van der Waals surface area (Å²) in [6, 6.07) is 7.48. The number of phenols is 1. The Balaban J connectivity index is 0.00000363. The van der Waals surface area contributed by atoms with Gasteiger partial charge in [0.05, 0.1) is 5.69 Å². The van der Waals surface area contributed by atoms with Crippen LogP contribution in [0.1, 0.15) is 33.6 Å². The SMILES string of the molecule is CN=C(NCC1CCCN(C(=O)OC(C)(C)C)C1)N1CCN(c2ccccc2O)CC1.I. The molecule has 0 radical (unpaired) electrons. The topological polar surface area (TPSA) is 80.6 Å². The van der Waals surface area contributed by atoms with Gasteiger partial charge >= 0.3 is 6.09 Å². The number of likely N-dealkylation sites (tertiary alicyclic amines) is 1. The van der Waals surface area contributed by atoms with Crippen molar-refractivity contribution in [1.82, 2.24) is 15.1 Å². The average molecular weight is 559 g/mol. The molecular formula is C23H38IN5O3. The van der Waals surface area contributed by atoms with E-state index in [1.807, 2.05) is 50.9 Å². The van der Waals surface area contributed by atoms with Gasteiger partial charge in [-0.15, -0.1) is 24.0 Å². The third kappa shape index (κ3) is 7.31. The number of halogens is 1. The molecule has 1 amide bonds. The summed E-state index contributed by atoms with van der Waals surface area (Å²) in [5.74, 6) is 1.59. The van der Waals surface area contributed by atoms with Gasteiger partial charge in [0.15, 0.2) is 5.96 Å². The second kappa shape index (κ2) is 11.8. The van der Waals surface area contributed by atoms with Crippen molar-refractivity contribution in [3.63, 3.8) is 0 Å². The van der Waals surface area contributed by atoms with E-state index in [-0.39, 0.29) is 30.1 Å². The Morgan fingerprint density at radius 1 is 1.16 bits per heavy atom. The van der Waals surface area contributed by atoms with E-state index in [0.29, 0.717) is 18.2 Å². The van der Waals surface area contributed by atoms with Crippen LogP contribution in [-0.4, -0.2) is 85.4 Å². The van der Waals surface area contributed by atoms with Crippen LogP contribution in [0.2, 0.25) is 0 Å². The third-order valence-corrected chi connectivity index (χ3v) is 5.73. The lowest BCUT2D eigenvalue weighted by molar-refractivity contribution is 0.0168. The standard InChI is InChI=1S/C23H37N5O3.HI/c1-23(2,3)31-22(30)28-11-7-8-18(17-28)16-25-21(24-4)27-14-12-26(13-15-27)19-9-5-6-10-20(19)29;/h5-6,9-10,18,29H,7-8,11-17H2,1-4H3,(H,24,25);1H. The summed E-state index contributed by atoms with van der Waals surface area (Å²) in [4.78, 5) is 23.2. The molecule has 2 N–H and O–H groups in total. The molecule has 9 heteroatoms. The molecular weight excluding hydrogens is 521 g/mol. The minimum absolute atomic E-state index is 0. The quantitative estimate of drug-likeness (QED) is 0.336. The van der Waals surface area contributed by atoms with Gasteiger partial charge in [0.2, 0.25) is 0 Å². The maximum atomic E-state index is 12.4. The number of anilines is 1. The molecule has 0 bridgehead atoms. The van der Waals surface area contributed by atoms with Crippen LogP contribution >= 0.6 is 24.0 Å². The van der Waals surface area contributed by atoms with Gasteiger partial charge in [-0.3, -0.25) is 4.99 Å². The highest BCUT2D eigenvalue weighted by Gasteiger charge is 2.28. The van der Waals surface area contributed by atoms with Crippen LogP contribution in [0.4, 0.5) is 10.5 Å². The van der Waals surface area contributed by atoms with Gasteiger partial charge in [0.1, 0.15) is 11.4 Å². The molecule has 0 spiro atoms. The number of aliphatic imine (C=N–C) groups is 1. The van der Waals surface area contributed by atoms with Crippen LogP contribution in [0.25, 0.3) is 0 Å². The molecule has 1 atom stereocenters. The number of guanidine groups is 1. The van der Waals surface area contributed by atoms with Gasteiger partial charge in [-0.2, -0.15) is 0 Å². The molecule has 8 nitrogen and oxygen atoms in total. The summed E-state index contributed by atoms with van der Waals surface area (Å²) >= 11 is 0. The summed E-state index contributed by atoms with van der Waals surface area (Å²) in [7, 11) is 1.81. The van der Waals surface area contributed by atoms with E-state index in [0.717, 1.165) is 63.8 Å². The number of benzene rings is 1. The molecule has 2 aliphatic heterocycles. The zero-order valence-electron chi connectivity index (χ0n) is 19.7. The number of nitrogens with one attached hydrogen (secondary N) is 1. The Morgan fingerprint density at radius 2 is 1.84 bits per heavy atom. The highest BCUT2D eigenvalue weighted by molar-refractivity contribution is 14.0. The minimum atomic E-state index is -0.469. The second-order valence-electron chi connectivity index (χ2n) is 9.33. The smallest absolute Gasteiger partial charge is 0.410 e. The number of phenolic OH excluding ortho intramolecular Hbond substituents is 1. The van der Waals surface area contributed by atoms with Crippen molar-refractivity contribution < 1.29 is 14.6 Å². The van der Waals surface area contributed by atoms with Gasteiger partial charge in [0, 0.05) is 52.9 Å². The van der Waals surface area contributed by atoms with Crippen molar-refractivity contribution in [3.05, 3.63) is 24.3 Å². The number of carbonyl (C=O) groups excluding carboxylic acids is 1.